The second-order valence-electron chi connectivity index (χ2n) is 3.17. The molecule has 1 aromatic carbocycles. The summed E-state index contributed by atoms with van der Waals surface area (Å²) in [6.07, 6.45) is 0. The zero-order chi connectivity index (χ0) is 12.8. The molecule has 1 aromatic rings. The van der Waals surface area contributed by atoms with Crippen molar-refractivity contribution in [1.29, 1.82) is 0 Å². The maximum Gasteiger partial charge on any atom is 0.251 e. The SMILES string of the molecule is COc1cc(C(=O)NCCO)cc(OC)c1Br. The number of aliphatic hydroxyl groups excluding tert-OH is 1. The van der Waals surface area contributed by atoms with E-state index >= 15 is 0 Å². The molecule has 5 nitrogen and oxygen atoms in total. The summed E-state index contributed by atoms with van der Waals surface area (Å²) in [4.78, 5) is 11.7. The van der Waals surface area contributed by atoms with E-state index in [1.807, 2.05) is 0 Å². The predicted octanol–water partition coefficient (Wildman–Crippen LogP) is 1.19. The summed E-state index contributed by atoms with van der Waals surface area (Å²) in [6.45, 7) is 0.107. The van der Waals surface area contributed by atoms with Crippen molar-refractivity contribution < 1.29 is 19.4 Å². The lowest BCUT2D eigenvalue weighted by Gasteiger charge is -2.11. The predicted molar refractivity (Wildman–Crippen MR) is 66.7 cm³/mol. The van der Waals surface area contributed by atoms with Crippen molar-refractivity contribution in [2.45, 2.75) is 0 Å². The number of hydrogen-bond acceptors (Lipinski definition) is 4. The van der Waals surface area contributed by atoms with Gasteiger partial charge in [0, 0.05) is 12.1 Å². The zero-order valence-corrected chi connectivity index (χ0v) is 11.2. The van der Waals surface area contributed by atoms with Crippen LogP contribution in [0.15, 0.2) is 16.6 Å². The van der Waals surface area contributed by atoms with Crippen LogP contribution in [0.5, 0.6) is 11.5 Å². The Balaban J connectivity index is 3.04. The molecule has 0 saturated heterocycles. The molecule has 17 heavy (non-hydrogen) atoms. The number of amides is 1. The molecule has 1 amide bonds. The standard InChI is InChI=1S/C11H14BrNO4/c1-16-8-5-7(11(15)13-3-4-14)6-9(17-2)10(8)12/h5-6,14H,3-4H2,1-2H3,(H,13,15). The normalized spacial score (nSPS) is 9.88. The monoisotopic (exact) mass is 303 g/mol. The van der Waals surface area contributed by atoms with E-state index in [1.165, 1.54) is 14.2 Å². The first-order valence-corrected chi connectivity index (χ1v) is 5.74. The minimum Gasteiger partial charge on any atom is -0.495 e. The molecule has 0 fully saturated rings. The Morgan fingerprint density at radius 2 is 1.88 bits per heavy atom. The van der Waals surface area contributed by atoms with Crippen LogP contribution in [0.4, 0.5) is 0 Å². The van der Waals surface area contributed by atoms with Gasteiger partial charge in [-0.1, -0.05) is 0 Å². The van der Waals surface area contributed by atoms with Crippen molar-refractivity contribution in [3.63, 3.8) is 0 Å². The molecule has 94 valence electrons. The van der Waals surface area contributed by atoms with E-state index in [4.69, 9.17) is 14.6 Å². The third-order valence-corrected chi connectivity index (χ3v) is 2.89. The molecule has 0 spiro atoms. The van der Waals surface area contributed by atoms with Crippen molar-refractivity contribution in [3.05, 3.63) is 22.2 Å². The summed E-state index contributed by atoms with van der Waals surface area (Å²) in [5.74, 6) is 0.736. The van der Waals surface area contributed by atoms with E-state index in [0.717, 1.165) is 0 Å². The molecule has 0 heterocycles. The number of aliphatic hydroxyl groups is 1. The zero-order valence-electron chi connectivity index (χ0n) is 9.62. The number of halogens is 1. The van der Waals surface area contributed by atoms with E-state index in [1.54, 1.807) is 12.1 Å². The molecule has 0 aromatic heterocycles. The molecule has 0 bridgehead atoms. The maximum atomic E-state index is 11.7. The molecule has 0 aliphatic carbocycles. The second-order valence-corrected chi connectivity index (χ2v) is 3.97. The van der Waals surface area contributed by atoms with Gasteiger partial charge in [0.05, 0.1) is 20.8 Å². The van der Waals surface area contributed by atoms with E-state index in [9.17, 15) is 4.79 Å². The lowest BCUT2D eigenvalue weighted by molar-refractivity contribution is 0.0944. The summed E-state index contributed by atoms with van der Waals surface area (Å²) in [7, 11) is 3.02. The number of carbonyl (C=O) groups is 1. The second kappa shape index (κ2) is 6.46. The van der Waals surface area contributed by atoms with Gasteiger partial charge in [0.2, 0.25) is 0 Å². The Bertz CT molecular complexity index is 383. The van der Waals surface area contributed by atoms with Gasteiger partial charge in [-0.3, -0.25) is 4.79 Å². The van der Waals surface area contributed by atoms with Crippen LogP contribution >= 0.6 is 15.9 Å². The van der Waals surface area contributed by atoms with Crippen LogP contribution in [0, 0.1) is 0 Å². The van der Waals surface area contributed by atoms with Crippen LogP contribution in [0.3, 0.4) is 0 Å². The van der Waals surface area contributed by atoms with Gasteiger partial charge in [0.15, 0.2) is 0 Å². The highest BCUT2D eigenvalue weighted by Crippen LogP contribution is 2.35. The van der Waals surface area contributed by atoms with E-state index in [0.29, 0.717) is 21.5 Å². The van der Waals surface area contributed by atoms with Gasteiger partial charge >= 0.3 is 0 Å². The van der Waals surface area contributed by atoms with Crippen molar-refractivity contribution >= 4 is 21.8 Å². The molecule has 2 N–H and O–H groups in total. The Labute approximate surface area is 108 Å². The molecule has 0 saturated carbocycles. The van der Waals surface area contributed by atoms with Gasteiger partial charge in [-0.25, -0.2) is 0 Å². The Morgan fingerprint density at radius 3 is 2.29 bits per heavy atom. The topological polar surface area (TPSA) is 67.8 Å². The fourth-order valence-electron chi connectivity index (χ4n) is 1.27. The van der Waals surface area contributed by atoms with Gasteiger partial charge in [-0.2, -0.15) is 0 Å². The number of benzene rings is 1. The van der Waals surface area contributed by atoms with Crippen molar-refractivity contribution in [1.82, 2.24) is 5.32 Å². The van der Waals surface area contributed by atoms with E-state index in [2.05, 4.69) is 21.2 Å². The van der Waals surface area contributed by atoms with Crippen LogP contribution in [-0.4, -0.2) is 38.4 Å². The average molecular weight is 304 g/mol. The fourth-order valence-corrected chi connectivity index (χ4v) is 1.82. The molecule has 0 aliphatic heterocycles. The van der Waals surface area contributed by atoms with Crippen LogP contribution in [0.1, 0.15) is 10.4 Å². The van der Waals surface area contributed by atoms with E-state index < -0.39 is 0 Å². The Kier molecular flexibility index (Phi) is 5.24. The molecular formula is C11H14BrNO4. The minimum absolute atomic E-state index is 0.101. The largest absolute Gasteiger partial charge is 0.495 e. The van der Waals surface area contributed by atoms with Crippen LogP contribution in [-0.2, 0) is 0 Å². The van der Waals surface area contributed by atoms with Gasteiger partial charge in [0.1, 0.15) is 16.0 Å². The number of ether oxygens (including phenoxy) is 2. The first-order valence-electron chi connectivity index (χ1n) is 4.94. The molecule has 0 radical (unpaired) electrons. The first-order chi connectivity index (χ1) is 8.13. The maximum absolute atomic E-state index is 11.7. The Hall–Kier alpha value is -1.27. The van der Waals surface area contributed by atoms with Gasteiger partial charge < -0.3 is 19.9 Å². The highest BCUT2D eigenvalue weighted by Gasteiger charge is 2.14. The Morgan fingerprint density at radius 1 is 1.35 bits per heavy atom. The van der Waals surface area contributed by atoms with Crippen molar-refractivity contribution in [3.8, 4) is 11.5 Å². The summed E-state index contributed by atoms with van der Waals surface area (Å²) in [6, 6.07) is 3.19. The quantitative estimate of drug-likeness (QED) is 0.857. The summed E-state index contributed by atoms with van der Waals surface area (Å²) < 4.78 is 10.9. The van der Waals surface area contributed by atoms with Crippen molar-refractivity contribution in [2.75, 3.05) is 27.4 Å². The van der Waals surface area contributed by atoms with Gasteiger partial charge in [-0.05, 0) is 28.1 Å². The van der Waals surface area contributed by atoms with Crippen LogP contribution in [0.25, 0.3) is 0 Å². The number of hydrogen-bond donors (Lipinski definition) is 2. The third kappa shape index (κ3) is 3.34. The van der Waals surface area contributed by atoms with Gasteiger partial charge in [0.25, 0.3) is 5.91 Å². The lowest BCUT2D eigenvalue weighted by atomic mass is 10.2. The van der Waals surface area contributed by atoms with Crippen LogP contribution < -0.4 is 14.8 Å². The van der Waals surface area contributed by atoms with Gasteiger partial charge in [-0.15, -0.1) is 0 Å². The summed E-state index contributed by atoms with van der Waals surface area (Å²) in [5, 5.41) is 11.2. The average Bonchev–Trinajstić information content (AvgIpc) is 2.36. The number of nitrogens with one attached hydrogen (secondary N) is 1. The first kappa shape index (κ1) is 13.8. The highest BCUT2D eigenvalue weighted by atomic mass is 79.9. The third-order valence-electron chi connectivity index (χ3n) is 2.11. The molecule has 6 heteroatoms. The van der Waals surface area contributed by atoms with E-state index in [-0.39, 0.29) is 19.1 Å². The van der Waals surface area contributed by atoms with Crippen molar-refractivity contribution in [2.24, 2.45) is 0 Å². The fraction of sp³-hybridized carbons (Fsp3) is 0.364. The lowest BCUT2D eigenvalue weighted by Crippen LogP contribution is -2.26. The molecule has 0 unspecified atom stereocenters. The highest BCUT2D eigenvalue weighted by molar-refractivity contribution is 9.10. The summed E-state index contributed by atoms with van der Waals surface area (Å²) in [5.41, 5.74) is 0.412. The van der Waals surface area contributed by atoms with Crippen LogP contribution in [0.2, 0.25) is 0 Å². The smallest absolute Gasteiger partial charge is 0.251 e. The summed E-state index contributed by atoms with van der Waals surface area (Å²) >= 11 is 3.32. The molecule has 0 aliphatic rings. The number of carbonyl (C=O) groups excluding carboxylic acids is 1. The molecule has 0 atom stereocenters. The molecule has 1 rings (SSSR count). The minimum atomic E-state index is -0.289. The number of methoxy groups -OCH3 is 2. The molecular weight excluding hydrogens is 290 g/mol. The number of rotatable bonds is 5.